The van der Waals surface area contributed by atoms with Crippen molar-refractivity contribution in [1.29, 1.82) is 0 Å². The molecule has 0 saturated heterocycles. The van der Waals surface area contributed by atoms with Crippen LogP contribution in [0.4, 0.5) is 17.2 Å². The number of hydrogen-bond acceptors (Lipinski definition) is 9. The molecule has 4 aromatic carbocycles. The minimum absolute atomic E-state index is 0.489. The molecule has 0 bridgehead atoms. The molecule has 0 fully saturated rings. The van der Waals surface area contributed by atoms with Crippen molar-refractivity contribution in [3.8, 4) is 17.3 Å². The number of nitrogens with zero attached hydrogens (tertiary/aromatic N) is 4. The maximum absolute atomic E-state index is 6.11. The molecular formula is C37H34Br2N6O4. The average molecular weight is 787 g/mol. The molecule has 0 amide bonds. The molecule has 250 valence electrons. The van der Waals surface area contributed by atoms with Crippen LogP contribution in [-0.4, -0.2) is 60.2 Å². The second kappa shape index (κ2) is 16.1. The van der Waals surface area contributed by atoms with Gasteiger partial charge in [0.1, 0.15) is 42.7 Å². The number of para-hydroxylation sites is 2. The number of halogens is 2. The number of benzene rings is 4. The fraction of sp³-hybridized carbons (Fsp3) is 0.162. The summed E-state index contributed by atoms with van der Waals surface area (Å²) in [5.41, 5.74) is 11.2. The molecule has 3 aromatic heterocycles. The summed E-state index contributed by atoms with van der Waals surface area (Å²) in [5, 5.41) is 5.42. The number of rotatable bonds is 11. The van der Waals surface area contributed by atoms with Gasteiger partial charge in [-0.1, -0.05) is 24.3 Å². The van der Waals surface area contributed by atoms with Crippen LogP contribution in [-0.2, 0) is 9.47 Å². The number of nitrogens with one attached hydrogen (secondary N) is 1. The number of nitrogen functional groups attached to an aromatic ring is 1. The molecule has 10 nitrogen and oxygen atoms in total. The normalized spacial score (nSPS) is 11.0. The highest BCUT2D eigenvalue weighted by atomic mass is 79.9. The zero-order valence-corrected chi connectivity index (χ0v) is 30.1. The van der Waals surface area contributed by atoms with Gasteiger partial charge in [-0.3, -0.25) is 4.57 Å². The smallest absolute Gasteiger partial charge is 0.139 e. The molecule has 0 aliphatic carbocycles. The second-order valence-corrected chi connectivity index (χ2v) is 12.5. The number of fused-ring (bicyclic) bond motifs is 3. The van der Waals surface area contributed by atoms with Crippen molar-refractivity contribution in [2.75, 3.05) is 51.7 Å². The van der Waals surface area contributed by atoms with Crippen molar-refractivity contribution in [3.05, 3.63) is 112 Å². The number of nitrogens with two attached hydrogens (primary N) is 1. The van der Waals surface area contributed by atoms with Crippen LogP contribution in [0.5, 0.6) is 11.5 Å². The molecule has 49 heavy (non-hydrogen) atoms. The van der Waals surface area contributed by atoms with Crippen LogP contribution in [0.1, 0.15) is 0 Å². The standard InChI is InChI=1S/C19H16BrN3O2.C18H18BrN3O2/c1-24-9-10-25-14-6-7-17-16(11-14)21-12-23(17)18-8-5-13-3-2-4-15(20)19(13)22-18;1-23-9-10-24-13-6-7-16(15(20)11-13)21-17-8-5-12-3-2-4-14(19)18(12)22-17/h2-8,11-12H,9-10H2,1H3;2-8,11H,9-10,20H2,1H3,(H,21,22). The van der Waals surface area contributed by atoms with E-state index in [2.05, 4.69) is 53.2 Å². The molecule has 12 heteroatoms. The number of methoxy groups -OCH3 is 2. The molecule has 0 saturated carbocycles. The van der Waals surface area contributed by atoms with Crippen molar-refractivity contribution in [2.24, 2.45) is 0 Å². The van der Waals surface area contributed by atoms with Crippen LogP contribution in [0.3, 0.4) is 0 Å². The van der Waals surface area contributed by atoms with E-state index in [9.17, 15) is 0 Å². The number of anilines is 3. The Morgan fingerprint density at radius 3 is 2.00 bits per heavy atom. The number of pyridine rings is 2. The average Bonchev–Trinajstić information content (AvgIpc) is 3.54. The first kappa shape index (κ1) is 34.1. The van der Waals surface area contributed by atoms with Gasteiger partial charge in [0.2, 0.25) is 0 Å². The third kappa shape index (κ3) is 8.28. The Kier molecular flexibility index (Phi) is 11.2. The van der Waals surface area contributed by atoms with Crippen molar-refractivity contribution in [2.45, 2.75) is 0 Å². The summed E-state index contributed by atoms with van der Waals surface area (Å²) in [7, 11) is 3.29. The molecule has 3 heterocycles. The van der Waals surface area contributed by atoms with Crippen LogP contribution >= 0.6 is 31.9 Å². The quantitative estimate of drug-likeness (QED) is 0.0981. The SMILES string of the molecule is COCCOc1ccc(Nc2ccc3cccc(Br)c3n2)c(N)c1.COCCOc1ccc2c(c1)ncn2-c1ccc2cccc(Br)c2n1. The van der Waals surface area contributed by atoms with Crippen LogP contribution in [0.2, 0.25) is 0 Å². The molecule has 3 N–H and O–H groups in total. The maximum atomic E-state index is 6.11. The lowest BCUT2D eigenvalue weighted by Gasteiger charge is -2.12. The minimum Gasteiger partial charge on any atom is -0.491 e. The second-order valence-electron chi connectivity index (χ2n) is 10.8. The van der Waals surface area contributed by atoms with Crippen LogP contribution < -0.4 is 20.5 Å². The van der Waals surface area contributed by atoms with Crippen LogP contribution in [0.15, 0.2) is 112 Å². The van der Waals surface area contributed by atoms with Gasteiger partial charge in [-0.15, -0.1) is 0 Å². The van der Waals surface area contributed by atoms with E-state index in [0.717, 1.165) is 64.9 Å². The highest BCUT2D eigenvalue weighted by Crippen LogP contribution is 2.30. The molecular weight excluding hydrogens is 752 g/mol. The van der Waals surface area contributed by atoms with Crippen molar-refractivity contribution >= 4 is 81.9 Å². The van der Waals surface area contributed by atoms with Crippen LogP contribution in [0.25, 0.3) is 38.7 Å². The largest absolute Gasteiger partial charge is 0.491 e. The lowest BCUT2D eigenvalue weighted by molar-refractivity contribution is 0.146. The summed E-state index contributed by atoms with van der Waals surface area (Å²) < 4.78 is 25.1. The van der Waals surface area contributed by atoms with Crippen LogP contribution in [0, 0.1) is 0 Å². The van der Waals surface area contributed by atoms with E-state index in [1.165, 1.54) is 0 Å². The van der Waals surface area contributed by atoms with E-state index >= 15 is 0 Å². The summed E-state index contributed by atoms with van der Waals surface area (Å²) in [6, 6.07) is 31.4. The predicted octanol–water partition coefficient (Wildman–Crippen LogP) is 8.71. The fourth-order valence-corrected chi connectivity index (χ4v) is 5.99. The maximum Gasteiger partial charge on any atom is 0.139 e. The number of hydrogen-bond donors (Lipinski definition) is 2. The first-order valence-electron chi connectivity index (χ1n) is 15.4. The summed E-state index contributed by atoms with van der Waals surface area (Å²) >= 11 is 7.10. The van der Waals surface area contributed by atoms with Crippen molar-refractivity contribution in [1.82, 2.24) is 19.5 Å². The highest BCUT2D eigenvalue weighted by molar-refractivity contribution is 9.11. The first-order chi connectivity index (χ1) is 23.9. The molecule has 0 spiro atoms. The van der Waals surface area contributed by atoms with Gasteiger partial charge in [-0.05, 0) is 92.5 Å². The molecule has 0 radical (unpaired) electrons. The monoisotopic (exact) mass is 784 g/mol. The Labute approximate surface area is 300 Å². The first-order valence-corrected chi connectivity index (χ1v) is 17.0. The highest BCUT2D eigenvalue weighted by Gasteiger charge is 2.10. The topological polar surface area (TPSA) is 119 Å². The number of imidazole rings is 1. The number of ether oxygens (including phenoxy) is 4. The van der Waals surface area contributed by atoms with Crippen molar-refractivity contribution in [3.63, 3.8) is 0 Å². The molecule has 7 aromatic rings. The Balaban J connectivity index is 0.000000170. The summed E-state index contributed by atoms with van der Waals surface area (Å²) in [6.45, 7) is 2.10. The Morgan fingerprint density at radius 1 is 0.694 bits per heavy atom. The third-order valence-electron chi connectivity index (χ3n) is 7.49. The summed E-state index contributed by atoms with van der Waals surface area (Å²) in [4.78, 5) is 13.9. The molecule has 0 aliphatic heterocycles. The van der Waals surface area contributed by atoms with E-state index in [-0.39, 0.29) is 0 Å². The van der Waals surface area contributed by atoms with Gasteiger partial charge in [-0.2, -0.15) is 0 Å². The van der Waals surface area contributed by atoms with E-state index in [4.69, 9.17) is 29.7 Å². The minimum atomic E-state index is 0.489. The van der Waals surface area contributed by atoms with Gasteiger partial charge in [0, 0.05) is 46.1 Å². The van der Waals surface area contributed by atoms with E-state index in [0.29, 0.717) is 37.9 Å². The summed E-state index contributed by atoms with van der Waals surface area (Å²) in [5.74, 6) is 3.05. The van der Waals surface area contributed by atoms with Crippen molar-refractivity contribution < 1.29 is 18.9 Å². The zero-order chi connectivity index (χ0) is 34.2. The van der Waals surface area contributed by atoms with Gasteiger partial charge in [0.15, 0.2) is 0 Å². The molecule has 0 aliphatic rings. The zero-order valence-electron chi connectivity index (χ0n) is 26.9. The molecule has 0 atom stereocenters. The fourth-order valence-electron chi connectivity index (χ4n) is 5.05. The molecule has 0 unspecified atom stereocenters. The van der Waals surface area contributed by atoms with E-state index in [1.54, 1.807) is 26.6 Å². The van der Waals surface area contributed by atoms with Gasteiger partial charge in [-0.25, -0.2) is 15.0 Å². The molecule has 7 rings (SSSR count). The van der Waals surface area contributed by atoms with Gasteiger partial charge in [0.05, 0.1) is 46.7 Å². The summed E-state index contributed by atoms with van der Waals surface area (Å²) in [6.07, 6.45) is 1.79. The van der Waals surface area contributed by atoms with Gasteiger partial charge in [0.25, 0.3) is 0 Å². The van der Waals surface area contributed by atoms with E-state index in [1.807, 2.05) is 89.5 Å². The lowest BCUT2D eigenvalue weighted by atomic mass is 10.2. The third-order valence-corrected chi connectivity index (χ3v) is 8.77. The lowest BCUT2D eigenvalue weighted by Crippen LogP contribution is -2.05. The van der Waals surface area contributed by atoms with Gasteiger partial charge >= 0.3 is 0 Å². The Morgan fingerprint density at radius 2 is 1.33 bits per heavy atom. The van der Waals surface area contributed by atoms with E-state index < -0.39 is 0 Å². The predicted molar refractivity (Wildman–Crippen MR) is 202 cm³/mol. The number of aromatic nitrogens is 4. The Bertz CT molecular complexity index is 2210. The Hall–Kier alpha value is -4.75. The van der Waals surface area contributed by atoms with Gasteiger partial charge < -0.3 is 30.0 Å².